The Labute approximate surface area is 246 Å². The molecule has 12 heteroatoms. The first-order valence-corrected chi connectivity index (χ1v) is 14.3. The quantitative estimate of drug-likeness (QED) is 0.363. The number of benzene rings is 1. The van der Waals surface area contributed by atoms with E-state index in [1.54, 1.807) is 30.6 Å². The number of nitrogens with one attached hydrogen (secondary N) is 1. The minimum absolute atomic E-state index is 0.0632. The Balaban J connectivity index is 1.29. The molecule has 1 aromatic carbocycles. The number of carbonyl (C=O) groups excluding carboxylic acids is 1. The molecule has 11 nitrogen and oxygen atoms in total. The van der Waals surface area contributed by atoms with Gasteiger partial charge in [0.1, 0.15) is 24.1 Å². The van der Waals surface area contributed by atoms with Gasteiger partial charge in [-0.3, -0.25) is 9.59 Å². The minimum atomic E-state index is -0.486. The lowest BCUT2D eigenvalue weighted by Crippen LogP contribution is -2.33. The summed E-state index contributed by atoms with van der Waals surface area (Å²) in [5, 5.41) is 2.83. The normalized spacial score (nSPS) is 17.7. The second-order valence-electron chi connectivity index (χ2n) is 9.94. The van der Waals surface area contributed by atoms with E-state index in [1.165, 1.54) is 7.11 Å². The fraction of sp³-hybridized carbons (Fsp3) is 0.414. The Bertz CT molecular complexity index is 1420. The molecule has 2 aliphatic heterocycles. The number of nitrogens with two attached hydrogens (primary N) is 1. The van der Waals surface area contributed by atoms with Crippen molar-refractivity contribution in [2.75, 3.05) is 57.8 Å². The molecular formula is C29H33BrN4O7. The maximum absolute atomic E-state index is 13.1. The van der Waals surface area contributed by atoms with Crippen LogP contribution in [0.3, 0.4) is 0 Å². The summed E-state index contributed by atoms with van der Waals surface area (Å²) in [5.41, 5.74) is 7.87. The molecule has 3 N–H and O–H groups in total. The predicted octanol–water partition coefficient (Wildman–Crippen LogP) is 3.74. The Morgan fingerprint density at radius 1 is 1.15 bits per heavy atom. The van der Waals surface area contributed by atoms with Gasteiger partial charge in [-0.1, -0.05) is 12.1 Å². The zero-order valence-corrected chi connectivity index (χ0v) is 24.4. The second-order valence-corrected chi connectivity index (χ2v) is 10.8. The number of rotatable bonds is 9. The molecule has 4 heterocycles. The number of pyridine rings is 2. The number of hydrogen-bond donors (Lipinski definition) is 2. The molecule has 0 spiro atoms. The number of ether oxygens (including phenoxy) is 5. The molecule has 2 aromatic heterocycles. The average molecular weight is 630 g/mol. The standard InChI is InChI=1S/C29H33BrN4O7/c1-37-29-25(41-17-21-16-39-10-11-40-21)12-22(27(31)33-29)19-2-4-20(5-3-19)32-28(36)23-14-34(15-24(30)26(23)35)13-18-6-8-38-9-7-18/h2-5,12,14-15,18,21H,6-11,13,16-17H2,1H3,(H2,31,33)(H,32,36)/t21-/m1/s1. The smallest absolute Gasteiger partial charge is 0.261 e. The van der Waals surface area contributed by atoms with Crippen LogP contribution in [0.5, 0.6) is 11.6 Å². The van der Waals surface area contributed by atoms with Crippen molar-refractivity contribution in [2.24, 2.45) is 5.92 Å². The number of nitrogen functional groups attached to an aromatic ring is 1. The van der Waals surface area contributed by atoms with E-state index in [4.69, 9.17) is 29.4 Å². The van der Waals surface area contributed by atoms with Gasteiger partial charge in [-0.15, -0.1) is 0 Å². The van der Waals surface area contributed by atoms with Crippen LogP contribution in [-0.2, 0) is 20.8 Å². The van der Waals surface area contributed by atoms with Crippen molar-refractivity contribution in [1.82, 2.24) is 9.55 Å². The summed E-state index contributed by atoms with van der Waals surface area (Å²) in [4.78, 5) is 30.2. The van der Waals surface area contributed by atoms with Crippen molar-refractivity contribution in [1.29, 1.82) is 0 Å². The van der Waals surface area contributed by atoms with Crippen molar-refractivity contribution in [3.05, 3.63) is 63.0 Å². The summed E-state index contributed by atoms with van der Waals surface area (Å²) < 4.78 is 30.0. The van der Waals surface area contributed by atoms with Crippen LogP contribution in [-0.4, -0.2) is 68.3 Å². The molecule has 41 heavy (non-hydrogen) atoms. The summed E-state index contributed by atoms with van der Waals surface area (Å²) in [7, 11) is 1.50. The van der Waals surface area contributed by atoms with E-state index < -0.39 is 5.91 Å². The number of halogens is 1. The van der Waals surface area contributed by atoms with Crippen LogP contribution in [0.2, 0.25) is 0 Å². The summed E-state index contributed by atoms with van der Waals surface area (Å²) in [6, 6.07) is 8.86. The number of hydrogen-bond acceptors (Lipinski definition) is 9. The summed E-state index contributed by atoms with van der Waals surface area (Å²) in [6.07, 6.45) is 5.05. The van der Waals surface area contributed by atoms with Gasteiger partial charge in [0.15, 0.2) is 5.75 Å². The first-order chi connectivity index (χ1) is 19.9. The van der Waals surface area contributed by atoms with Crippen molar-refractivity contribution < 1.29 is 28.5 Å². The molecule has 0 bridgehead atoms. The van der Waals surface area contributed by atoms with Crippen LogP contribution in [0.1, 0.15) is 23.2 Å². The van der Waals surface area contributed by atoms with E-state index >= 15 is 0 Å². The second kappa shape index (κ2) is 13.5. The van der Waals surface area contributed by atoms with Crippen LogP contribution in [0, 0.1) is 5.92 Å². The van der Waals surface area contributed by atoms with E-state index in [0.717, 1.165) is 31.6 Å². The van der Waals surface area contributed by atoms with Crippen LogP contribution >= 0.6 is 15.9 Å². The Kier molecular flexibility index (Phi) is 9.55. The summed E-state index contributed by atoms with van der Waals surface area (Å²) in [6.45, 7) is 3.99. The van der Waals surface area contributed by atoms with Crippen molar-refractivity contribution >= 4 is 33.3 Å². The summed E-state index contributed by atoms with van der Waals surface area (Å²) >= 11 is 3.32. The van der Waals surface area contributed by atoms with Crippen molar-refractivity contribution in [3.8, 4) is 22.8 Å². The SMILES string of the molecule is COc1nc(N)c(-c2ccc(NC(=O)c3cn(CC4CCOCC4)cc(Br)c3=O)cc2)cc1OC[C@H]1COCCO1. The average Bonchev–Trinajstić information content (AvgIpc) is 2.99. The summed E-state index contributed by atoms with van der Waals surface area (Å²) in [5.74, 6) is 0.905. The molecule has 2 saturated heterocycles. The zero-order valence-electron chi connectivity index (χ0n) is 22.8. The maximum Gasteiger partial charge on any atom is 0.261 e. The molecule has 2 fully saturated rings. The van der Waals surface area contributed by atoms with E-state index in [0.29, 0.717) is 53.8 Å². The van der Waals surface area contributed by atoms with Gasteiger partial charge in [-0.2, -0.15) is 4.98 Å². The lowest BCUT2D eigenvalue weighted by Gasteiger charge is -2.23. The molecular weight excluding hydrogens is 596 g/mol. The zero-order chi connectivity index (χ0) is 28.8. The van der Waals surface area contributed by atoms with Crippen LogP contribution in [0.25, 0.3) is 11.1 Å². The third kappa shape index (κ3) is 7.25. The molecule has 218 valence electrons. The minimum Gasteiger partial charge on any atom is -0.485 e. The number of aromatic nitrogens is 2. The van der Waals surface area contributed by atoms with Crippen LogP contribution in [0.15, 0.2) is 52.0 Å². The van der Waals surface area contributed by atoms with Gasteiger partial charge < -0.3 is 39.3 Å². The molecule has 1 amide bonds. The van der Waals surface area contributed by atoms with Crippen molar-refractivity contribution in [2.45, 2.75) is 25.5 Å². The number of carbonyl (C=O) groups is 1. The number of methoxy groups -OCH3 is 1. The molecule has 0 aliphatic carbocycles. The number of anilines is 2. The highest BCUT2D eigenvalue weighted by Gasteiger charge is 2.20. The van der Waals surface area contributed by atoms with E-state index in [-0.39, 0.29) is 35.4 Å². The van der Waals surface area contributed by atoms with Gasteiger partial charge in [0.2, 0.25) is 5.43 Å². The van der Waals surface area contributed by atoms with Gasteiger partial charge in [-0.05, 0) is 58.5 Å². The molecule has 0 radical (unpaired) electrons. The van der Waals surface area contributed by atoms with Gasteiger partial charge in [0, 0.05) is 43.4 Å². The Hall–Kier alpha value is -3.45. The van der Waals surface area contributed by atoms with E-state index in [9.17, 15) is 9.59 Å². The predicted molar refractivity (Wildman–Crippen MR) is 157 cm³/mol. The monoisotopic (exact) mass is 628 g/mol. The topological polar surface area (TPSA) is 136 Å². The molecule has 3 aromatic rings. The fourth-order valence-corrected chi connectivity index (χ4v) is 5.28. The molecule has 2 aliphatic rings. The molecule has 0 saturated carbocycles. The first-order valence-electron chi connectivity index (χ1n) is 13.5. The number of amides is 1. The highest BCUT2D eigenvalue weighted by atomic mass is 79.9. The first kappa shape index (κ1) is 29.1. The Morgan fingerprint density at radius 3 is 2.63 bits per heavy atom. The fourth-order valence-electron chi connectivity index (χ4n) is 4.81. The van der Waals surface area contributed by atoms with Crippen LogP contribution < -0.4 is 26.0 Å². The molecule has 5 rings (SSSR count). The van der Waals surface area contributed by atoms with Crippen molar-refractivity contribution in [3.63, 3.8) is 0 Å². The van der Waals surface area contributed by atoms with E-state index in [1.807, 2.05) is 16.7 Å². The molecule has 0 unspecified atom stereocenters. The van der Waals surface area contributed by atoms with Gasteiger partial charge >= 0.3 is 0 Å². The van der Waals surface area contributed by atoms with E-state index in [2.05, 4.69) is 26.2 Å². The molecule has 1 atom stereocenters. The lowest BCUT2D eigenvalue weighted by atomic mass is 10.0. The van der Waals surface area contributed by atoms with Gasteiger partial charge in [-0.25, -0.2) is 0 Å². The third-order valence-corrected chi connectivity index (χ3v) is 7.60. The highest BCUT2D eigenvalue weighted by Crippen LogP contribution is 2.35. The Morgan fingerprint density at radius 2 is 1.93 bits per heavy atom. The maximum atomic E-state index is 13.1. The van der Waals surface area contributed by atoms with Gasteiger partial charge in [0.25, 0.3) is 11.8 Å². The third-order valence-electron chi connectivity index (χ3n) is 7.03. The lowest BCUT2D eigenvalue weighted by molar-refractivity contribution is -0.101. The number of nitrogens with zero attached hydrogens (tertiary/aromatic N) is 2. The van der Waals surface area contributed by atoms with Gasteiger partial charge in [0.05, 0.1) is 31.4 Å². The van der Waals surface area contributed by atoms with Crippen LogP contribution in [0.4, 0.5) is 11.5 Å². The highest BCUT2D eigenvalue weighted by molar-refractivity contribution is 9.10. The largest absolute Gasteiger partial charge is 0.485 e.